The van der Waals surface area contributed by atoms with E-state index in [2.05, 4.69) is 73.6 Å². The molecule has 0 aliphatic rings. The Labute approximate surface area is 167 Å². The second kappa shape index (κ2) is 14.8. The molecule has 0 N–H and O–H groups in total. The van der Waals surface area contributed by atoms with Gasteiger partial charge in [0.25, 0.3) is 0 Å². The summed E-state index contributed by atoms with van der Waals surface area (Å²) in [5.41, 5.74) is 3.67. The van der Waals surface area contributed by atoms with Crippen LogP contribution in [0.25, 0.3) is 17.1 Å². The zero-order valence-electron chi connectivity index (χ0n) is 18.5. The van der Waals surface area contributed by atoms with Gasteiger partial charge in [0.15, 0.2) is 0 Å². The van der Waals surface area contributed by atoms with Gasteiger partial charge < -0.3 is 0 Å². The van der Waals surface area contributed by atoms with Crippen molar-refractivity contribution in [3.63, 3.8) is 0 Å². The number of hydrogen-bond acceptors (Lipinski definition) is 1. The number of benzene rings is 2. The van der Waals surface area contributed by atoms with Gasteiger partial charge in [-0.1, -0.05) is 104 Å². The highest BCUT2D eigenvalue weighted by Gasteiger charge is 2.13. The van der Waals surface area contributed by atoms with Crippen LogP contribution in [0.1, 0.15) is 73.3 Å². The third kappa shape index (κ3) is 7.42. The fourth-order valence-electron chi connectivity index (χ4n) is 2.50. The van der Waals surface area contributed by atoms with Crippen LogP contribution in [0.15, 0.2) is 67.0 Å². The lowest BCUT2D eigenvalue weighted by atomic mass is 9.97. The molecule has 3 aromatic rings. The molecule has 0 atom stereocenters. The molecule has 0 unspecified atom stereocenters. The van der Waals surface area contributed by atoms with Gasteiger partial charge in [-0.15, -0.1) is 0 Å². The second-order valence-corrected chi connectivity index (χ2v) is 5.91. The van der Waals surface area contributed by atoms with Gasteiger partial charge in [0.05, 0.1) is 0 Å². The van der Waals surface area contributed by atoms with Crippen molar-refractivity contribution in [2.45, 2.75) is 67.7 Å². The molecule has 0 aliphatic heterocycles. The highest BCUT2D eigenvalue weighted by Crippen LogP contribution is 2.29. The van der Waals surface area contributed by atoms with Crippen LogP contribution in [0.4, 0.5) is 0 Å². The molecule has 0 bridgehead atoms. The van der Waals surface area contributed by atoms with E-state index in [0.717, 1.165) is 11.5 Å². The molecular weight excluding hydrogens is 328 g/mol. The minimum absolute atomic E-state index is 0.479. The van der Waals surface area contributed by atoms with Gasteiger partial charge in [0.2, 0.25) is 0 Å². The monoisotopic (exact) mass is 366 g/mol. The Kier molecular flexibility index (Phi) is 13.5. The van der Waals surface area contributed by atoms with Crippen LogP contribution in [0.3, 0.4) is 0 Å². The Morgan fingerprint density at radius 2 is 1.33 bits per heavy atom. The fraction of sp³-hybridized carbons (Fsp3) is 0.400. The van der Waals surface area contributed by atoms with Crippen molar-refractivity contribution in [3.8, 4) is 17.1 Å². The van der Waals surface area contributed by atoms with Crippen molar-refractivity contribution < 1.29 is 0 Å². The SMILES string of the molecule is CC.CC.CC(C)c1ccccc1-c1nccn1-c1ccccc1.CCC. The Morgan fingerprint density at radius 1 is 0.815 bits per heavy atom. The fourth-order valence-corrected chi connectivity index (χ4v) is 2.50. The summed E-state index contributed by atoms with van der Waals surface area (Å²) in [4.78, 5) is 4.57. The number of imidazole rings is 1. The average Bonchev–Trinajstić information content (AvgIpc) is 3.22. The van der Waals surface area contributed by atoms with Crippen molar-refractivity contribution in [2.75, 3.05) is 0 Å². The van der Waals surface area contributed by atoms with E-state index < -0.39 is 0 Å². The molecule has 2 heteroatoms. The van der Waals surface area contributed by atoms with Gasteiger partial charge in [-0.05, 0) is 23.6 Å². The van der Waals surface area contributed by atoms with Gasteiger partial charge >= 0.3 is 0 Å². The van der Waals surface area contributed by atoms with Gasteiger partial charge in [-0.2, -0.15) is 0 Å². The Balaban J connectivity index is 0.000000860. The van der Waals surface area contributed by atoms with Gasteiger partial charge in [-0.3, -0.25) is 4.57 Å². The predicted octanol–water partition coefficient (Wildman–Crippen LogP) is 8.13. The van der Waals surface area contributed by atoms with Gasteiger partial charge in [0.1, 0.15) is 5.82 Å². The first-order valence-corrected chi connectivity index (χ1v) is 10.4. The Hall–Kier alpha value is -2.35. The molecule has 27 heavy (non-hydrogen) atoms. The van der Waals surface area contributed by atoms with E-state index in [1.165, 1.54) is 17.5 Å². The van der Waals surface area contributed by atoms with E-state index in [4.69, 9.17) is 0 Å². The normalized spacial score (nSPS) is 9.22. The standard InChI is InChI=1S/C18H18N2.C3H8.2C2H6/c1-14(2)16-10-6-7-11-17(16)18-19-12-13-20(18)15-8-4-3-5-9-15;1-3-2;2*1-2/h3-14H,1-2H3;3H2,1-2H3;2*1-2H3. The van der Waals surface area contributed by atoms with E-state index >= 15 is 0 Å². The molecule has 3 rings (SSSR count). The summed E-state index contributed by atoms with van der Waals surface area (Å²) in [6.45, 7) is 16.7. The molecule has 1 aromatic heterocycles. The first-order chi connectivity index (χ1) is 13.2. The zero-order valence-corrected chi connectivity index (χ0v) is 18.5. The number of aromatic nitrogens is 2. The number of hydrogen-bond donors (Lipinski definition) is 0. The van der Waals surface area contributed by atoms with Crippen molar-refractivity contribution in [2.24, 2.45) is 0 Å². The molecular formula is C25H38N2. The lowest BCUT2D eigenvalue weighted by Gasteiger charge is -2.14. The van der Waals surface area contributed by atoms with Crippen molar-refractivity contribution in [3.05, 3.63) is 72.6 Å². The lowest BCUT2D eigenvalue weighted by molar-refractivity contribution is 0.865. The molecule has 0 saturated heterocycles. The van der Waals surface area contributed by atoms with Gasteiger partial charge in [-0.25, -0.2) is 4.98 Å². The molecule has 2 nitrogen and oxygen atoms in total. The maximum atomic E-state index is 4.57. The largest absolute Gasteiger partial charge is 0.300 e. The summed E-state index contributed by atoms with van der Waals surface area (Å²) in [5.74, 6) is 1.48. The number of para-hydroxylation sites is 1. The summed E-state index contributed by atoms with van der Waals surface area (Å²) in [7, 11) is 0. The molecule has 148 valence electrons. The summed E-state index contributed by atoms with van der Waals surface area (Å²) >= 11 is 0. The summed E-state index contributed by atoms with van der Waals surface area (Å²) in [5, 5.41) is 0. The van der Waals surface area contributed by atoms with Gasteiger partial charge in [0, 0.05) is 23.6 Å². The van der Waals surface area contributed by atoms with Crippen LogP contribution in [-0.2, 0) is 0 Å². The maximum Gasteiger partial charge on any atom is 0.144 e. The van der Waals surface area contributed by atoms with Crippen LogP contribution < -0.4 is 0 Å². The van der Waals surface area contributed by atoms with E-state index in [0.29, 0.717) is 5.92 Å². The molecule has 0 radical (unpaired) electrons. The first-order valence-electron chi connectivity index (χ1n) is 10.4. The molecule has 0 fully saturated rings. The van der Waals surface area contributed by atoms with Crippen LogP contribution in [-0.4, -0.2) is 9.55 Å². The highest BCUT2D eigenvalue weighted by molar-refractivity contribution is 5.63. The Morgan fingerprint density at radius 3 is 1.89 bits per heavy atom. The molecule has 0 amide bonds. The quantitative estimate of drug-likeness (QED) is 0.457. The van der Waals surface area contributed by atoms with E-state index in [1.807, 2.05) is 58.3 Å². The maximum absolute atomic E-state index is 4.57. The Bertz CT molecular complexity index is 712. The van der Waals surface area contributed by atoms with Crippen molar-refractivity contribution >= 4 is 0 Å². The third-order valence-electron chi connectivity index (χ3n) is 3.50. The lowest BCUT2D eigenvalue weighted by Crippen LogP contribution is -1.99. The van der Waals surface area contributed by atoms with Crippen molar-refractivity contribution in [1.29, 1.82) is 0 Å². The highest BCUT2D eigenvalue weighted by atomic mass is 15.1. The smallest absolute Gasteiger partial charge is 0.144 e. The topological polar surface area (TPSA) is 17.8 Å². The summed E-state index contributed by atoms with van der Waals surface area (Å²) in [6.07, 6.45) is 5.13. The number of nitrogens with zero attached hydrogens (tertiary/aromatic N) is 2. The molecule has 0 aliphatic carbocycles. The minimum Gasteiger partial charge on any atom is -0.300 e. The summed E-state index contributed by atoms with van der Waals surface area (Å²) in [6, 6.07) is 18.8. The van der Waals surface area contributed by atoms with Crippen LogP contribution >= 0.6 is 0 Å². The zero-order chi connectivity index (χ0) is 20.7. The van der Waals surface area contributed by atoms with E-state index in [-0.39, 0.29) is 0 Å². The van der Waals surface area contributed by atoms with E-state index in [1.54, 1.807) is 0 Å². The van der Waals surface area contributed by atoms with E-state index in [9.17, 15) is 0 Å². The van der Waals surface area contributed by atoms with Crippen LogP contribution in [0.5, 0.6) is 0 Å². The molecule has 0 spiro atoms. The number of rotatable bonds is 3. The molecule has 2 aromatic carbocycles. The summed E-state index contributed by atoms with van der Waals surface area (Å²) < 4.78 is 2.14. The molecule has 1 heterocycles. The van der Waals surface area contributed by atoms with Crippen molar-refractivity contribution in [1.82, 2.24) is 9.55 Å². The second-order valence-electron chi connectivity index (χ2n) is 5.91. The van der Waals surface area contributed by atoms with Crippen LogP contribution in [0, 0.1) is 0 Å². The predicted molar refractivity (Wildman–Crippen MR) is 122 cm³/mol. The molecule has 0 saturated carbocycles. The third-order valence-corrected chi connectivity index (χ3v) is 3.50. The first kappa shape index (κ1) is 24.7. The minimum atomic E-state index is 0.479. The average molecular weight is 367 g/mol. The van der Waals surface area contributed by atoms with Crippen LogP contribution in [0.2, 0.25) is 0 Å².